The Balaban J connectivity index is 3.10. The predicted molar refractivity (Wildman–Crippen MR) is 53.3 cm³/mol. The van der Waals surface area contributed by atoms with Gasteiger partial charge in [0.05, 0.1) is 11.1 Å². The predicted octanol–water partition coefficient (Wildman–Crippen LogP) is 3.19. The minimum absolute atomic E-state index is 0.650. The summed E-state index contributed by atoms with van der Waals surface area (Å²) in [6.45, 7) is 6.19. The Bertz CT molecular complexity index is 281. The molecule has 1 aromatic rings. The normalized spacial score (nSPS) is 9.50. The van der Waals surface area contributed by atoms with Gasteiger partial charge in [0.15, 0.2) is 0 Å². The highest BCUT2D eigenvalue weighted by molar-refractivity contribution is 9.10. The zero-order valence-electron chi connectivity index (χ0n) is 6.93. The molecule has 0 aliphatic carbocycles. The van der Waals surface area contributed by atoms with Gasteiger partial charge in [-0.15, -0.1) is 0 Å². The van der Waals surface area contributed by atoms with Crippen LogP contribution in [-0.2, 0) is 0 Å². The molecule has 0 bridgehead atoms. The first-order chi connectivity index (χ1) is 5.79. The molecule has 0 amide bonds. The summed E-state index contributed by atoms with van der Waals surface area (Å²) in [5.41, 5.74) is 0.895. The largest absolute Gasteiger partial charge is 0.492 e. The average Bonchev–Trinajstić information content (AvgIpc) is 2.09. The second-order valence-corrected chi connectivity index (χ2v) is 3.08. The minimum Gasteiger partial charge on any atom is -0.492 e. The molecule has 0 unspecified atom stereocenters. The van der Waals surface area contributed by atoms with Gasteiger partial charge in [0, 0.05) is 5.56 Å². The van der Waals surface area contributed by atoms with Gasteiger partial charge in [0.1, 0.15) is 5.75 Å². The molecule has 0 N–H and O–H groups in total. The van der Waals surface area contributed by atoms with Crippen molar-refractivity contribution in [1.29, 1.82) is 0 Å². The van der Waals surface area contributed by atoms with E-state index in [1.807, 2.05) is 25.1 Å². The molecular formula is C10H10BrO. The van der Waals surface area contributed by atoms with E-state index in [0.29, 0.717) is 6.61 Å². The maximum atomic E-state index is 5.41. The highest BCUT2D eigenvalue weighted by atomic mass is 79.9. The first-order valence-electron chi connectivity index (χ1n) is 3.74. The van der Waals surface area contributed by atoms with Gasteiger partial charge in [-0.3, -0.25) is 0 Å². The smallest absolute Gasteiger partial charge is 0.141 e. The van der Waals surface area contributed by atoms with E-state index < -0.39 is 0 Å². The van der Waals surface area contributed by atoms with Crippen LogP contribution in [-0.4, -0.2) is 6.61 Å². The van der Waals surface area contributed by atoms with Crippen molar-refractivity contribution < 1.29 is 4.74 Å². The summed E-state index contributed by atoms with van der Waals surface area (Å²) < 4.78 is 6.35. The van der Waals surface area contributed by atoms with Crippen LogP contribution in [0.15, 0.2) is 29.3 Å². The van der Waals surface area contributed by atoms with Crippen LogP contribution in [0.3, 0.4) is 0 Å². The van der Waals surface area contributed by atoms with Crippen molar-refractivity contribution in [1.82, 2.24) is 0 Å². The molecule has 63 valence electrons. The second kappa shape index (κ2) is 4.31. The Morgan fingerprint density at radius 3 is 2.92 bits per heavy atom. The van der Waals surface area contributed by atoms with Crippen molar-refractivity contribution >= 4 is 15.9 Å². The fourth-order valence-electron chi connectivity index (χ4n) is 0.939. The third-order valence-corrected chi connectivity index (χ3v) is 2.07. The lowest BCUT2D eigenvalue weighted by atomic mass is 10.2. The molecule has 0 fully saturated rings. The molecule has 12 heavy (non-hydrogen) atoms. The summed E-state index contributed by atoms with van der Waals surface area (Å²) in [5, 5.41) is 0. The summed E-state index contributed by atoms with van der Waals surface area (Å²) >= 11 is 3.40. The lowest BCUT2D eigenvalue weighted by Gasteiger charge is -2.08. The Labute approximate surface area is 81.2 Å². The molecule has 1 rings (SSSR count). The highest BCUT2D eigenvalue weighted by Crippen LogP contribution is 2.28. The lowest BCUT2D eigenvalue weighted by Crippen LogP contribution is -1.94. The monoisotopic (exact) mass is 225 g/mol. The maximum Gasteiger partial charge on any atom is 0.141 e. The van der Waals surface area contributed by atoms with Crippen LogP contribution in [0.1, 0.15) is 12.5 Å². The number of hydrogen-bond acceptors (Lipinski definition) is 1. The Hall–Kier alpha value is -0.760. The summed E-state index contributed by atoms with van der Waals surface area (Å²) in [4.78, 5) is 0. The zero-order chi connectivity index (χ0) is 8.97. The first-order valence-corrected chi connectivity index (χ1v) is 4.53. The molecule has 1 aromatic carbocycles. The number of benzene rings is 1. The Morgan fingerprint density at radius 1 is 1.58 bits per heavy atom. The van der Waals surface area contributed by atoms with Gasteiger partial charge in [-0.05, 0) is 35.0 Å². The minimum atomic E-state index is 0.650. The molecule has 2 heteroatoms. The topological polar surface area (TPSA) is 9.23 Å². The zero-order valence-corrected chi connectivity index (χ0v) is 8.52. The Kier molecular flexibility index (Phi) is 3.35. The second-order valence-electron chi connectivity index (χ2n) is 2.23. The molecule has 0 saturated heterocycles. The van der Waals surface area contributed by atoms with Gasteiger partial charge in [0.25, 0.3) is 0 Å². The molecular weight excluding hydrogens is 216 g/mol. The standard InChI is InChI=1S/C10H10BrO/c1-3-8-6-5-7-9(11)10(8)12-4-2/h5-7H,1,4H2,2H3. The first kappa shape index (κ1) is 9.33. The Morgan fingerprint density at radius 2 is 2.33 bits per heavy atom. The van der Waals surface area contributed by atoms with Crippen LogP contribution in [0, 0.1) is 6.08 Å². The molecule has 0 aliphatic rings. The van der Waals surface area contributed by atoms with Gasteiger partial charge < -0.3 is 4.74 Å². The van der Waals surface area contributed by atoms with Gasteiger partial charge in [-0.1, -0.05) is 18.7 Å². The van der Waals surface area contributed by atoms with E-state index in [4.69, 9.17) is 4.74 Å². The van der Waals surface area contributed by atoms with Crippen molar-refractivity contribution in [2.75, 3.05) is 6.61 Å². The average molecular weight is 226 g/mol. The van der Waals surface area contributed by atoms with Crippen LogP contribution in [0.4, 0.5) is 0 Å². The van der Waals surface area contributed by atoms with Crippen molar-refractivity contribution in [3.8, 4) is 5.75 Å². The number of para-hydroxylation sites is 1. The summed E-state index contributed by atoms with van der Waals surface area (Å²) in [5.74, 6) is 0.815. The molecule has 0 saturated carbocycles. The van der Waals surface area contributed by atoms with Crippen molar-refractivity contribution in [3.63, 3.8) is 0 Å². The van der Waals surface area contributed by atoms with E-state index in [1.54, 1.807) is 0 Å². The molecule has 0 aliphatic heterocycles. The molecule has 0 atom stereocenters. The molecule has 0 spiro atoms. The van der Waals surface area contributed by atoms with E-state index in [-0.39, 0.29) is 0 Å². The molecule has 1 nitrogen and oxygen atoms in total. The quantitative estimate of drug-likeness (QED) is 0.768. The molecule has 1 radical (unpaired) electrons. The van der Waals surface area contributed by atoms with Crippen LogP contribution in [0.5, 0.6) is 5.75 Å². The third kappa shape index (κ3) is 1.89. The van der Waals surface area contributed by atoms with Crippen molar-refractivity contribution in [2.24, 2.45) is 0 Å². The van der Waals surface area contributed by atoms with Gasteiger partial charge in [0.2, 0.25) is 0 Å². The fraction of sp³-hybridized carbons (Fsp3) is 0.200. The highest BCUT2D eigenvalue weighted by Gasteiger charge is 2.03. The van der Waals surface area contributed by atoms with Crippen LogP contribution in [0.2, 0.25) is 0 Å². The summed E-state index contributed by atoms with van der Waals surface area (Å²) in [7, 11) is 0. The van der Waals surface area contributed by atoms with E-state index in [9.17, 15) is 0 Å². The maximum absolute atomic E-state index is 5.41. The molecule has 0 heterocycles. The SMILES string of the molecule is C=[C]c1cccc(Br)c1OCC. The van der Waals surface area contributed by atoms with E-state index in [0.717, 1.165) is 15.8 Å². The fourth-order valence-corrected chi connectivity index (χ4v) is 1.42. The van der Waals surface area contributed by atoms with Crippen molar-refractivity contribution in [3.05, 3.63) is 40.9 Å². The van der Waals surface area contributed by atoms with Crippen LogP contribution in [0.25, 0.3) is 0 Å². The summed E-state index contributed by atoms with van der Waals surface area (Å²) in [6.07, 6.45) is 2.82. The van der Waals surface area contributed by atoms with Gasteiger partial charge in [-0.25, -0.2) is 0 Å². The van der Waals surface area contributed by atoms with Gasteiger partial charge >= 0.3 is 0 Å². The van der Waals surface area contributed by atoms with Crippen LogP contribution < -0.4 is 4.74 Å². The van der Waals surface area contributed by atoms with E-state index in [2.05, 4.69) is 28.6 Å². The number of ether oxygens (including phenoxy) is 1. The molecule has 0 aromatic heterocycles. The van der Waals surface area contributed by atoms with E-state index >= 15 is 0 Å². The third-order valence-electron chi connectivity index (χ3n) is 1.45. The van der Waals surface area contributed by atoms with Crippen molar-refractivity contribution in [2.45, 2.75) is 6.92 Å². The summed E-state index contributed by atoms with van der Waals surface area (Å²) in [6, 6.07) is 5.79. The number of halogens is 1. The lowest BCUT2D eigenvalue weighted by molar-refractivity contribution is 0.336. The van der Waals surface area contributed by atoms with Crippen LogP contribution >= 0.6 is 15.9 Å². The van der Waals surface area contributed by atoms with E-state index in [1.165, 1.54) is 0 Å². The number of hydrogen-bond donors (Lipinski definition) is 0. The number of rotatable bonds is 3. The van der Waals surface area contributed by atoms with Gasteiger partial charge in [-0.2, -0.15) is 0 Å².